The Morgan fingerprint density at radius 1 is 1.12 bits per heavy atom. The van der Waals surface area contributed by atoms with Crippen molar-refractivity contribution in [1.82, 2.24) is 5.32 Å². The molecule has 0 heterocycles. The van der Waals surface area contributed by atoms with E-state index in [1.807, 2.05) is 0 Å². The zero-order chi connectivity index (χ0) is 24.9. The molecule has 184 valence electrons. The lowest BCUT2D eigenvalue weighted by molar-refractivity contribution is -0.164. The van der Waals surface area contributed by atoms with Gasteiger partial charge >= 0.3 is 28.2 Å². The zero-order valence-corrected chi connectivity index (χ0v) is 20.3. The van der Waals surface area contributed by atoms with E-state index in [1.165, 1.54) is 20.8 Å². The fourth-order valence-corrected chi connectivity index (χ4v) is 4.10. The number of hydrogen-bond acceptors (Lipinski definition) is 12. The molecule has 0 bridgehead atoms. The second kappa shape index (κ2) is 14.5. The maximum absolute atomic E-state index is 11.9. The predicted octanol–water partition coefficient (Wildman–Crippen LogP) is -0.259. The molecule has 17 heteroatoms. The second-order valence-corrected chi connectivity index (χ2v) is 10.8. The number of amides is 1. The quantitative estimate of drug-likeness (QED) is 0.103. The minimum Gasteiger partial charge on any atom is -0.460 e. The Kier molecular flexibility index (Phi) is 13.8. The molecular weight excluding hydrogens is 496 g/mol. The van der Waals surface area contributed by atoms with Crippen molar-refractivity contribution in [2.75, 3.05) is 38.3 Å². The standard InChI is InChI=1S/C15H25NO13P2S/c1-11(17)16-5-4-8-32(24,25)28-10-15(2,3)13(19)14(20)27-7-6-26-12(18)9-30(21)29-31(22)23/h13,19H,4-10H2,1-3H3/p+2/t13-/m0/s1. The van der Waals surface area contributed by atoms with E-state index in [2.05, 4.69) is 14.4 Å². The van der Waals surface area contributed by atoms with Gasteiger partial charge in [-0.3, -0.25) is 8.98 Å². The molecule has 0 aliphatic rings. The number of carbonyl (C=O) groups is 3. The highest BCUT2D eigenvalue weighted by Crippen LogP contribution is 2.34. The largest absolute Gasteiger partial charge is 0.742 e. The normalized spacial score (nSPS) is 13.7. The van der Waals surface area contributed by atoms with Crippen LogP contribution < -0.4 is 5.32 Å². The Morgan fingerprint density at radius 3 is 2.28 bits per heavy atom. The molecule has 0 rings (SSSR count). The SMILES string of the molecule is CC(=O)NCCCS(=O)(=O)OCC(C)(C)[C@@H](O)C(=O)OCCOC(=O)C[P+](=O)O[P+](=O)O. The summed E-state index contributed by atoms with van der Waals surface area (Å²) in [4.78, 5) is 42.4. The fourth-order valence-electron chi connectivity index (χ4n) is 1.85. The van der Waals surface area contributed by atoms with E-state index in [0.29, 0.717) is 0 Å². The van der Waals surface area contributed by atoms with Crippen molar-refractivity contribution in [3.63, 3.8) is 0 Å². The Balaban J connectivity index is 4.35. The van der Waals surface area contributed by atoms with Gasteiger partial charge in [0, 0.05) is 23.4 Å². The van der Waals surface area contributed by atoms with Gasteiger partial charge < -0.3 is 19.9 Å². The Bertz CT molecular complexity index is 799. The van der Waals surface area contributed by atoms with Crippen molar-refractivity contribution in [2.45, 2.75) is 33.3 Å². The van der Waals surface area contributed by atoms with E-state index in [4.69, 9.17) is 13.8 Å². The fraction of sp³-hybridized carbons (Fsp3) is 0.800. The van der Waals surface area contributed by atoms with Crippen molar-refractivity contribution in [1.29, 1.82) is 0 Å². The van der Waals surface area contributed by atoms with Crippen LogP contribution in [0.4, 0.5) is 0 Å². The summed E-state index contributed by atoms with van der Waals surface area (Å²) in [6.07, 6.45) is -2.43. The van der Waals surface area contributed by atoms with Gasteiger partial charge in [0.2, 0.25) is 5.91 Å². The van der Waals surface area contributed by atoms with Gasteiger partial charge in [-0.05, 0) is 11.0 Å². The van der Waals surface area contributed by atoms with Crippen molar-refractivity contribution in [3.8, 4) is 0 Å². The molecule has 0 aromatic rings. The Labute approximate surface area is 186 Å². The Hall–Kier alpha value is -1.60. The molecule has 32 heavy (non-hydrogen) atoms. The molecular formula is C15H27NO13P2S+2. The van der Waals surface area contributed by atoms with E-state index in [1.54, 1.807) is 0 Å². The van der Waals surface area contributed by atoms with E-state index in [-0.39, 0.29) is 24.6 Å². The van der Waals surface area contributed by atoms with Crippen LogP contribution in [-0.2, 0) is 51.6 Å². The molecule has 2 unspecified atom stereocenters. The minimum atomic E-state index is -3.96. The summed E-state index contributed by atoms with van der Waals surface area (Å²) in [5.74, 6) is -2.83. The molecule has 3 atom stereocenters. The number of nitrogens with one attached hydrogen (secondary N) is 1. The molecule has 0 fully saturated rings. The number of esters is 2. The topological polar surface area (TPSA) is 209 Å². The van der Waals surface area contributed by atoms with Crippen molar-refractivity contribution < 1.29 is 59.9 Å². The second-order valence-electron chi connectivity index (χ2n) is 6.95. The molecule has 0 aromatic heterocycles. The number of hydrogen-bond donors (Lipinski definition) is 3. The van der Waals surface area contributed by atoms with Crippen LogP contribution in [0.1, 0.15) is 27.2 Å². The number of rotatable bonds is 16. The predicted molar refractivity (Wildman–Crippen MR) is 108 cm³/mol. The molecule has 0 spiro atoms. The van der Waals surface area contributed by atoms with Crippen LogP contribution in [0.15, 0.2) is 0 Å². The summed E-state index contributed by atoms with van der Waals surface area (Å²) < 4.78 is 63.4. The lowest BCUT2D eigenvalue weighted by atomic mass is 9.88. The lowest BCUT2D eigenvalue weighted by Gasteiger charge is -2.28. The van der Waals surface area contributed by atoms with Gasteiger partial charge in [-0.1, -0.05) is 13.8 Å². The van der Waals surface area contributed by atoms with Crippen LogP contribution in [0, 0.1) is 5.41 Å². The van der Waals surface area contributed by atoms with E-state index in [9.17, 15) is 37.0 Å². The third-order valence-electron chi connectivity index (χ3n) is 3.53. The van der Waals surface area contributed by atoms with Gasteiger partial charge in [0.25, 0.3) is 16.3 Å². The van der Waals surface area contributed by atoms with Crippen LogP contribution in [0.25, 0.3) is 0 Å². The third-order valence-corrected chi connectivity index (χ3v) is 6.60. The van der Waals surface area contributed by atoms with E-state index < -0.39 is 75.8 Å². The monoisotopic (exact) mass is 523 g/mol. The zero-order valence-electron chi connectivity index (χ0n) is 17.7. The summed E-state index contributed by atoms with van der Waals surface area (Å²) in [7, 11) is -9.82. The summed E-state index contributed by atoms with van der Waals surface area (Å²) in [5, 5.41) is 12.6. The van der Waals surface area contributed by atoms with E-state index in [0.717, 1.165) is 0 Å². The molecule has 0 aliphatic carbocycles. The van der Waals surface area contributed by atoms with Crippen LogP contribution in [-0.4, -0.2) is 80.6 Å². The minimum absolute atomic E-state index is 0.115. The third kappa shape index (κ3) is 14.5. The number of aliphatic hydroxyl groups is 1. The van der Waals surface area contributed by atoms with Gasteiger partial charge in [0.05, 0.1) is 12.4 Å². The molecule has 0 saturated carbocycles. The highest BCUT2D eigenvalue weighted by Gasteiger charge is 2.38. The lowest BCUT2D eigenvalue weighted by Crippen LogP contribution is -2.42. The average molecular weight is 523 g/mol. The van der Waals surface area contributed by atoms with Gasteiger partial charge in [0.15, 0.2) is 6.10 Å². The summed E-state index contributed by atoms with van der Waals surface area (Å²) in [6.45, 7) is 2.73. The molecule has 0 saturated heterocycles. The van der Waals surface area contributed by atoms with Crippen molar-refractivity contribution in [2.24, 2.45) is 5.41 Å². The Morgan fingerprint density at radius 2 is 1.72 bits per heavy atom. The van der Waals surface area contributed by atoms with Crippen molar-refractivity contribution in [3.05, 3.63) is 0 Å². The highest BCUT2D eigenvalue weighted by atomic mass is 32.2. The molecule has 3 N–H and O–H groups in total. The number of ether oxygens (including phenoxy) is 2. The van der Waals surface area contributed by atoms with Gasteiger partial charge in [-0.2, -0.15) is 8.42 Å². The van der Waals surface area contributed by atoms with Crippen LogP contribution in [0.2, 0.25) is 0 Å². The number of aliphatic hydroxyl groups excluding tert-OH is 1. The molecule has 14 nitrogen and oxygen atoms in total. The first kappa shape index (κ1) is 30.4. The summed E-state index contributed by atoms with van der Waals surface area (Å²) in [5.41, 5.74) is -1.35. The number of carbonyl (C=O) groups excluding carboxylic acids is 3. The first-order valence-electron chi connectivity index (χ1n) is 9.07. The van der Waals surface area contributed by atoms with E-state index >= 15 is 0 Å². The van der Waals surface area contributed by atoms with Gasteiger partial charge in [0.1, 0.15) is 17.5 Å². The van der Waals surface area contributed by atoms with Gasteiger partial charge in [-0.15, -0.1) is 4.89 Å². The maximum atomic E-state index is 11.9. The van der Waals surface area contributed by atoms with Crippen LogP contribution in [0.5, 0.6) is 0 Å². The molecule has 1 amide bonds. The molecule has 0 radical (unpaired) electrons. The first-order valence-corrected chi connectivity index (χ1v) is 13.1. The molecule has 0 aromatic carbocycles. The van der Waals surface area contributed by atoms with Crippen LogP contribution >= 0.6 is 16.3 Å². The maximum Gasteiger partial charge on any atom is 0.742 e. The molecule has 0 aliphatic heterocycles. The summed E-state index contributed by atoms with van der Waals surface area (Å²) >= 11 is 0. The van der Waals surface area contributed by atoms with Gasteiger partial charge in [-0.25, -0.2) is 9.59 Å². The summed E-state index contributed by atoms with van der Waals surface area (Å²) in [6, 6.07) is 0. The van der Waals surface area contributed by atoms with Crippen LogP contribution in [0.3, 0.4) is 0 Å². The average Bonchev–Trinajstić information content (AvgIpc) is 2.65. The highest BCUT2D eigenvalue weighted by molar-refractivity contribution is 7.86. The van der Waals surface area contributed by atoms with Crippen molar-refractivity contribution >= 4 is 44.2 Å². The first-order chi connectivity index (χ1) is 14.7. The smallest absolute Gasteiger partial charge is 0.460 e.